The van der Waals surface area contributed by atoms with E-state index in [0.29, 0.717) is 22.4 Å². The molecule has 0 radical (unpaired) electrons. The third-order valence-electron chi connectivity index (χ3n) is 4.69. The molecule has 29 heavy (non-hydrogen) atoms. The van der Waals surface area contributed by atoms with Gasteiger partial charge in [0.25, 0.3) is 0 Å². The predicted octanol–water partition coefficient (Wildman–Crippen LogP) is 4.39. The van der Waals surface area contributed by atoms with Crippen LogP contribution in [0.2, 0.25) is 0 Å². The van der Waals surface area contributed by atoms with Gasteiger partial charge < -0.3 is 14.7 Å². The number of ketones is 1. The summed E-state index contributed by atoms with van der Waals surface area (Å²) in [5, 5.41) is 0.697. The number of benzene rings is 2. The molecule has 142 valence electrons. The van der Waals surface area contributed by atoms with Gasteiger partial charge in [-0.1, -0.05) is 12.1 Å². The smallest absolute Gasteiger partial charge is 0.195 e. The molecule has 3 heterocycles. The zero-order chi connectivity index (χ0) is 19.8. The number of para-hydroxylation sites is 2. The number of nitrogens with zero attached hydrogens (tertiary/aromatic N) is 2. The van der Waals surface area contributed by atoms with Crippen LogP contribution in [0.5, 0.6) is 5.75 Å². The molecule has 0 unspecified atom stereocenters. The Hall–Kier alpha value is -4.00. The molecule has 0 fully saturated rings. The van der Waals surface area contributed by atoms with Gasteiger partial charge in [0, 0.05) is 28.9 Å². The van der Waals surface area contributed by atoms with Gasteiger partial charge in [0.1, 0.15) is 18.1 Å². The van der Waals surface area contributed by atoms with Crippen molar-refractivity contribution in [3.8, 4) is 5.75 Å². The maximum absolute atomic E-state index is 14.5. The minimum absolute atomic E-state index is 0.0580. The van der Waals surface area contributed by atoms with Crippen molar-refractivity contribution in [1.82, 2.24) is 19.9 Å². The summed E-state index contributed by atoms with van der Waals surface area (Å²) in [4.78, 5) is 27.4. The molecule has 5 aromatic rings. The number of aromatic nitrogens is 4. The molecule has 0 bridgehead atoms. The van der Waals surface area contributed by atoms with Crippen molar-refractivity contribution in [3.63, 3.8) is 0 Å². The number of pyridine rings is 1. The molecular formula is C22H15FN4O2. The largest absolute Gasteiger partial charge is 0.483 e. The number of nitrogens with one attached hydrogen (secondary N) is 2. The first-order valence-electron chi connectivity index (χ1n) is 9.02. The Labute approximate surface area is 164 Å². The number of H-pyrrole nitrogens is 2. The number of carbonyl (C=O) groups excluding carboxylic acids is 1. The van der Waals surface area contributed by atoms with E-state index in [1.54, 1.807) is 30.6 Å². The number of hydrogen-bond donors (Lipinski definition) is 2. The number of aromatic amines is 2. The molecule has 0 aliphatic rings. The van der Waals surface area contributed by atoms with Crippen molar-refractivity contribution >= 4 is 27.9 Å². The van der Waals surface area contributed by atoms with Gasteiger partial charge in [-0.05, 0) is 42.5 Å². The number of halogens is 1. The average Bonchev–Trinajstić information content (AvgIpc) is 3.36. The lowest BCUT2D eigenvalue weighted by Crippen LogP contribution is -2.03. The zero-order valence-corrected chi connectivity index (χ0v) is 15.1. The van der Waals surface area contributed by atoms with E-state index < -0.39 is 5.82 Å². The summed E-state index contributed by atoms with van der Waals surface area (Å²) in [5.74, 6) is -0.239. The molecule has 0 aliphatic heterocycles. The summed E-state index contributed by atoms with van der Waals surface area (Å²) >= 11 is 0. The molecule has 0 spiro atoms. The zero-order valence-electron chi connectivity index (χ0n) is 15.1. The molecular weight excluding hydrogens is 371 g/mol. The maximum atomic E-state index is 14.5. The van der Waals surface area contributed by atoms with Crippen LogP contribution >= 0.6 is 0 Å². The topological polar surface area (TPSA) is 83.7 Å². The summed E-state index contributed by atoms with van der Waals surface area (Å²) in [6, 6.07) is 15.3. The van der Waals surface area contributed by atoms with Gasteiger partial charge in [0.2, 0.25) is 0 Å². The van der Waals surface area contributed by atoms with E-state index in [9.17, 15) is 9.18 Å². The second kappa shape index (κ2) is 6.87. The Morgan fingerprint density at radius 1 is 1.10 bits per heavy atom. The Bertz CT molecular complexity index is 1320. The molecule has 2 aromatic carbocycles. The van der Waals surface area contributed by atoms with Gasteiger partial charge in [-0.15, -0.1) is 0 Å². The summed E-state index contributed by atoms with van der Waals surface area (Å²) in [7, 11) is 0. The second-order valence-corrected chi connectivity index (χ2v) is 6.57. The third-order valence-corrected chi connectivity index (χ3v) is 4.69. The Morgan fingerprint density at radius 3 is 2.86 bits per heavy atom. The third kappa shape index (κ3) is 3.12. The van der Waals surface area contributed by atoms with Crippen molar-refractivity contribution in [1.29, 1.82) is 0 Å². The van der Waals surface area contributed by atoms with E-state index in [1.807, 2.05) is 24.3 Å². The molecule has 0 saturated carbocycles. The summed E-state index contributed by atoms with van der Waals surface area (Å²) < 4.78 is 20.1. The highest BCUT2D eigenvalue weighted by Gasteiger charge is 2.17. The minimum atomic E-state index is -0.607. The molecule has 6 nitrogen and oxygen atoms in total. The molecule has 0 aliphatic carbocycles. The molecule has 0 saturated heterocycles. The first kappa shape index (κ1) is 17.1. The standard InChI is InChI=1S/C22H15FN4O2/c23-16-10-13(21(28)15-11-25-22-14(15)4-3-9-24-22)7-8-19(16)29-12-20-26-17-5-1-2-6-18(17)27-20/h1-11H,12H2,(H,24,25)(H,26,27). The summed E-state index contributed by atoms with van der Waals surface area (Å²) in [6.45, 7) is 0.0903. The quantitative estimate of drug-likeness (QED) is 0.439. The number of imidazole rings is 1. The molecule has 0 atom stereocenters. The number of rotatable bonds is 5. The van der Waals surface area contributed by atoms with Crippen molar-refractivity contribution in [2.24, 2.45) is 0 Å². The van der Waals surface area contributed by atoms with Gasteiger partial charge in [0.05, 0.1) is 11.0 Å². The van der Waals surface area contributed by atoms with Crippen molar-refractivity contribution < 1.29 is 13.9 Å². The van der Waals surface area contributed by atoms with Crippen LogP contribution in [0.4, 0.5) is 4.39 Å². The lowest BCUT2D eigenvalue weighted by atomic mass is 10.0. The Morgan fingerprint density at radius 2 is 2.00 bits per heavy atom. The van der Waals surface area contributed by atoms with E-state index in [-0.39, 0.29) is 23.7 Å². The van der Waals surface area contributed by atoms with Crippen molar-refractivity contribution in [3.05, 3.63) is 89.8 Å². The van der Waals surface area contributed by atoms with E-state index >= 15 is 0 Å². The van der Waals surface area contributed by atoms with Gasteiger partial charge >= 0.3 is 0 Å². The van der Waals surface area contributed by atoms with E-state index in [4.69, 9.17) is 4.74 Å². The summed E-state index contributed by atoms with van der Waals surface area (Å²) in [6.07, 6.45) is 3.23. The number of carbonyl (C=O) groups is 1. The Kier molecular flexibility index (Phi) is 4.05. The fourth-order valence-electron chi connectivity index (χ4n) is 3.28. The molecule has 2 N–H and O–H groups in total. The fraction of sp³-hybridized carbons (Fsp3) is 0.0455. The van der Waals surface area contributed by atoms with E-state index in [1.165, 1.54) is 12.1 Å². The first-order valence-corrected chi connectivity index (χ1v) is 9.02. The van der Waals surface area contributed by atoms with Crippen LogP contribution in [-0.2, 0) is 6.61 Å². The van der Waals surface area contributed by atoms with E-state index in [0.717, 1.165) is 11.0 Å². The highest BCUT2D eigenvalue weighted by atomic mass is 19.1. The maximum Gasteiger partial charge on any atom is 0.195 e. The SMILES string of the molecule is O=C(c1ccc(OCc2nc3ccccc3[nH]2)c(F)c1)c1c[nH]c2ncccc12. The minimum Gasteiger partial charge on any atom is -0.483 e. The predicted molar refractivity (Wildman–Crippen MR) is 106 cm³/mol. The van der Waals surface area contributed by atoms with Crippen LogP contribution in [0.15, 0.2) is 67.0 Å². The van der Waals surface area contributed by atoms with Crippen LogP contribution in [0.1, 0.15) is 21.7 Å². The summed E-state index contributed by atoms with van der Waals surface area (Å²) in [5.41, 5.74) is 3.01. The first-order chi connectivity index (χ1) is 14.2. The number of ether oxygens (including phenoxy) is 1. The highest BCUT2D eigenvalue weighted by Crippen LogP contribution is 2.24. The monoisotopic (exact) mass is 386 g/mol. The van der Waals surface area contributed by atoms with Gasteiger partial charge in [0.15, 0.2) is 17.3 Å². The van der Waals surface area contributed by atoms with Crippen molar-refractivity contribution in [2.75, 3.05) is 0 Å². The number of hydrogen-bond acceptors (Lipinski definition) is 4. The molecule has 3 aromatic heterocycles. The Balaban J connectivity index is 1.36. The van der Waals surface area contributed by atoms with Crippen LogP contribution in [0.25, 0.3) is 22.1 Å². The van der Waals surface area contributed by atoms with Crippen LogP contribution in [0, 0.1) is 5.82 Å². The van der Waals surface area contributed by atoms with Crippen LogP contribution < -0.4 is 4.74 Å². The second-order valence-electron chi connectivity index (χ2n) is 6.57. The lowest BCUT2D eigenvalue weighted by molar-refractivity contribution is 0.103. The van der Waals surface area contributed by atoms with Gasteiger partial charge in [-0.2, -0.15) is 0 Å². The highest BCUT2D eigenvalue weighted by molar-refractivity contribution is 6.15. The molecule has 0 amide bonds. The normalized spacial score (nSPS) is 11.2. The number of fused-ring (bicyclic) bond motifs is 2. The van der Waals surface area contributed by atoms with Gasteiger partial charge in [-0.3, -0.25) is 4.79 Å². The fourth-order valence-corrected chi connectivity index (χ4v) is 3.28. The molecule has 7 heteroatoms. The van der Waals surface area contributed by atoms with Crippen molar-refractivity contribution in [2.45, 2.75) is 6.61 Å². The lowest BCUT2D eigenvalue weighted by Gasteiger charge is -2.07. The molecule has 5 rings (SSSR count). The van der Waals surface area contributed by atoms with Crippen LogP contribution in [-0.4, -0.2) is 25.7 Å². The van der Waals surface area contributed by atoms with E-state index in [2.05, 4.69) is 19.9 Å². The average molecular weight is 386 g/mol. The van der Waals surface area contributed by atoms with Gasteiger partial charge in [-0.25, -0.2) is 14.4 Å². The van der Waals surface area contributed by atoms with Crippen LogP contribution in [0.3, 0.4) is 0 Å².